The molecular formula is C12H16N2O4S. The van der Waals surface area contributed by atoms with Crippen molar-refractivity contribution in [3.05, 3.63) is 15.6 Å². The molecule has 0 unspecified atom stereocenters. The van der Waals surface area contributed by atoms with Gasteiger partial charge in [-0.25, -0.2) is 9.78 Å². The fraction of sp³-hybridized carbons (Fsp3) is 0.583. The number of morpholine rings is 1. The highest BCUT2D eigenvalue weighted by molar-refractivity contribution is 7.13. The molecule has 0 aliphatic carbocycles. The average molecular weight is 284 g/mol. The average Bonchev–Trinajstić information content (AvgIpc) is 2.83. The molecule has 1 aromatic heterocycles. The molecule has 0 saturated carbocycles. The van der Waals surface area contributed by atoms with Crippen LogP contribution in [0.4, 0.5) is 0 Å². The van der Waals surface area contributed by atoms with Crippen LogP contribution < -0.4 is 0 Å². The molecule has 1 aromatic rings. The van der Waals surface area contributed by atoms with E-state index in [2.05, 4.69) is 4.98 Å². The normalized spacial score (nSPS) is 15.5. The Labute approximate surface area is 115 Å². The summed E-state index contributed by atoms with van der Waals surface area (Å²) in [5.74, 6) is -0.990. The predicted octanol–water partition coefficient (Wildman–Crippen LogP) is 0.805. The number of carbonyl (C=O) groups is 2. The van der Waals surface area contributed by atoms with E-state index in [1.54, 1.807) is 4.90 Å². The molecule has 1 aliphatic rings. The number of carboxylic acid groups (broad SMARTS) is 1. The van der Waals surface area contributed by atoms with E-state index in [1.807, 2.05) is 6.92 Å². The Kier molecular flexibility index (Phi) is 4.49. The van der Waals surface area contributed by atoms with Crippen LogP contribution in [-0.2, 0) is 22.4 Å². The fourth-order valence-corrected chi connectivity index (χ4v) is 2.92. The molecule has 0 aromatic carbocycles. The maximum atomic E-state index is 12.0. The van der Waals surface area contributed by atoms with Gasteiger partial charge in [0.25, 0.3) is 0 Å². The van der Waals surface area contributed by atoms with E-state index in [0.29, 0.717) is 43.4 Å². The highest BCUT2D eigenvalue weighted by atomic mass is 32.1. The van der Waals surface area contributed by atoms with Crippen LogP contribution in [0.5, 0.6) is 0 Å². The number of nitrogens with zero attached hydrogens (tertiary/aromatic N) is 2. The summed E-state index contributed by atoms with van der Waals surface area (Å²) in [6, 6.07) is 0. The topological polar surface area (TPSA) is 79.7 Å². The Hall–Kier alpha value is -1.47. The van der Waals surface area contributed by atoms with Gasteiger partial charge in [0.1, 0.15) is 9.88 Å². The molecule has 0 radical (unpaired) electrons. The van der Waals surface area contributed by atoms with Gasteiger partial charge >= 0.3 is 5.97 Å². The lowest BCUT2D eigenvalue weighted by molar-refractivity contribution is -0.134. The van der Waals surface area contributed by atoms with Crippen molar-refractivity contribution in [2.45, 2.75) is 19.8 Å². The summed E-state index contributed by atoms with van der Waals surface area (Å²) >= 11 is 1.10. The van der Waals surface area contributed by atoms with E-state index in [9.17, 15) is 9.59 Å². The van der Waals surface area contributed by atoms with Gasteiger partial charge in [-0.15, -0.1) is 11.3 Å². The summed E-state index contributed by atoms with van der Waals surface area (Å²) in [5.41, 5.74) is 0.558. The van der Waals surface area contributed by atoms with Gasteiger partial charge in [0, 0.05) is 13.1 Å². The molecule has 104 valence electrons. The van der Waals surface area contributed by atoms with Crippen molar-refractivity contribution >= 4 is 23.2 Å². The zero-order valence-electron chi connectivity index (χ0n) is 10.7. The van der Waals surface area contributed by atoms with Crippen LogP contribution in [0.15, 0.2) is 0 Å². The smallest absolute Gasteiger partial charge is 0.347 e. The number of amides is 1. The van der Waals surface area contributed by atoms with Crippen LogP contribution >= 0.6 is 11.3 Å². The molecule has 2 heterocycles. The molecule has 0 bridgehead atoms. The van der Waals surface area contributed by atoms with Crippen molar-refractivity contribution in [3.63, 3.8) is 0 Å². The molecule has 1 fully saturated rings. The summed E-state index contributed by atoms with van der Waals surface area (Å²) in [6.07, 6.45) is 0.731. The lowest BCUT2D eigenvalue weighted by Gasteiger charge is -2.26. The maximum Gasteiger partial charge on any atom is 0.347 e. The Bertz CT molecular complexity index is 480. The lowest BCUT2D eigenvalue weighted by atomic mass is 10.3. The number of ether oxygens (including phenoxy) is 1. The van der Waals surface area contributed by atoms with Gasteiger partial charge in [-0.2, -0.15) is 0 Å². The minimum Gasteiger partial charge on any atom is -0.477 e. The second-order valence-corrected chi connectivity index (χ2v) is 5.30. The van der Waals surface area contributed by atoms with Gasteiger partial charge in [-0.05, 0) is 6.42 Å². The first kappa shape index (κ1) is 14.0. The highest BCUT2D eigenvalue weighted by Gasteiger charge is 2.21. The van der Waals surface area contributed by atoms with E-state index in [4.69, 9.17) is 9.84 Å². The number of rotatable bonds is 4. The van der Waals surface area contributed by atoms with E-state index in [0.717, 1.165) is 11.3 Å². The molecule has 1 N–H and O–H groups in total. The molecule has 2 rings (SSSR count). The number of carboxylic acids is 1. The lowest BCUT2D eigenvalue weighted by Crippen LogP contribution is -2.41. The second-order valence-electron chi connectivity index (χ2n) is 4.21. The van der Waals surface area contributed by atoms with Gasteiger partial charge in [-0.1, -0.05) is 6.92 Å². The third-order valence-electron chi connectivity index (χ3n) is 2.94. The van der Waals surface area contributed by atoms with Crippen LogP contribution in [0, 0.1) is 0 Å². The quantitative estimate of drug-likeness (QED) is 0.885. The van der Waals surface area contributed by atoms with Crippen LogP contribution in [0.3, 0.4) is 0 Å². The van der Waals surface area contributed by atoms with Crippen molar-refractivity contribution in [3.8, 4) is 0 Å². The molecule has 1 saturated heterocycles. The monoisotopic (exact) mass is 284 g/mol. The molecule has 0 atom stereocenters. The third kappa shape index (κ3) is 3.30. The van der Waals surface area contributed by atoms with Crippen molar-refractivity contribution in [2.24, 2.45) is 0 Å². The standard InChI is InChI=1S/C12H16N2O4S/c1-2-8-11(12(16)17)19-9(13-8)7-10(15)14-3-5-18-6-4-14/h2-7H2,1H3,(H,16,17). The maximum absolute atomic E-state index is 12.0. The Balaban J connectivity index is 2.06. The Morgan fingerprint density at radius 3 is 2.63 bits per heavy atom. The largest absolute Gasteiger partial charge is 0.477 e. The first-order chi connectivity index (χ1) is 9.11. The van der Waals surface area contributed by atoms with Gasteiger partial charge in [-0.3, -0.25) is 4.79 Å². The first-order valence-electron chi connectivity index (χ1n) is 6.19. The zero-order chi connectivity index (χ0) is 13.8. The number of hydrogen-bond donors (Lipinski definition) is 1. The molecule has 1 aliphatic heterocycles. The summed E-state index contributed by atoms with van der Waals surface area (Å²) in [4.78, 5) is 29.3. The van der Waals surface area contributed by atoms with Crippen LogP contribution in [-0.4, -0.2) is 53.2 Å². The minimum absolute atomic E-state index is 0.0170. The summed E-state index contributed by atoms with van der Waals surface area (Å²) in [7, 11) is 0. The van der Waals surface area contributed by atoms with E-state index in [-0.39, 0.29) is 17.2 Å². The van der Waals surface area contributed by atoms with Crippen LogP contribution in [0.25, 0.3) is 0 Å². The molecule has 19 heavy (non-hydrogen) atoms. The fourth-order valence-electron chi connectivity index (χ4n) is 1.94. The third-order valence-corrected chi connectivity index (χ3v) is 4.02. The van der Waals surface area contributed by atoms with Crippen molar-refractivity contribution in [1.82, 2.24) is 9.88 Å². The van der Waals surface area contributed by atoms with Crippen molar-refractivity contribution in [2.75, 3.05) is 26.3 Å². The Morgan fingerprint density at radius 1 is 1.42 bits per heavy atom. The zero-order valence-corrected chi connectivity index (χ0v) is 11.5. The number of carbonyl (C=O) groups excluding carboxylic acids is 1. The van der Waals surface area contributed by atoms with E-state index in [1.165, 1.54) is 0 Å². The van der Waals surface area contributed by atoms with Crippen molar-refractivity contribution in [1.29, 1.82) is 0 Å². The Morgan fingerprint density at radius 2 is 2.11 bits per heavy atom. The predicted molar refractivity (Wildman–Crippen MR) is 69.6 cm³/mol. The second kappa shape index (κ2) is 6.12. The number of aromatic nitrogens is 1. The van der Waals surface area contributed by atoms with Crippen LogP contribution in [0.1, 0.15) is 27.3 Å². The number of hydrogen-bond acceptors (Lipinski definition) is 5. The molecular weight excluding hydrogens is 268 g/mol. The summed E-state index contributed by atoms with van der Waals surface area (Å²) in [6.45, 7) is 4.16. The molecule has 7 heteroatoms. The van der Waals surface area contributed by atoms with Crippen LogP contribution in [0.2, 0.25) is 0 Å². The van der Waals surface area contributed by atoms with Gasteiger partial charge in [0.05, 0.1) is 25.3 Å². The SMILES string of the molecule is CCc1nc(CC(=O)N2CCOCC2)sc1C(=O)O. The molecule has 1 amide bonds. The number of thiazole rings is 1. The molecule has 6 nitrogen and oxygen atoms in total. The summed E-state index contributed by atoms with van der Waals surface area (Å²) < 4.78 is 5.19. The number of aryl methyl sites for hydroxylation is 1. The highest BCUT2D eigenvalue weighted by Crippen LogP contribution is 2.20. The number of aromatic carboxylic acids is 1. The minimum atomic E-state index is -0.973. The van der Waals surface area contributed by atoms with Crippen molar-refractivity contribution < 1.29 is 19.4 Å². The van der Waals surface area contributed by atoms with Gasteiger partial charge in [0.2, 0.25) is 5.91 Å². The first-order valence-corrected chi connectivity index (χ1v) is 7.00. The van der Waals surface area contributed by atoms with E-state index >= 15 is 0 Å². The summed E-state index contributed by atoms with van der Waals surface area (Å²) in [5, 5.41) is 9.63. The van der Waals surface area contributed by atoms with Gasteiger partial charge < -0.3 is 14.7 Å². The molecule has 0 spiro atoms. The van der Waals surface area contributed by atoms with E-state index < -0.39 is 5.97 Å². The van der Waals surface area contributed by atoms with Gasteiger partial charge in [0.15, 0.2) is 0 Å².